The first kappa shape index (κ1) is 16.5. The molecule has 1 aliphatic rings. The molecule has 0 atom stereocenters. The Labute approximate surface area is 142 Å². The molecule has 1 N–H and O–H groups in total. The highest BCUT2D eigenvalue weighted by atomic mass is 16.5. The number of ether oxygens (including phenoxy) is 2. The number of aryl methyl sites for hydroxylation is 1. The molecule has 0 spiro atoms. The molecule has 4 nitrogen and oxygen atoms in total. The van der Waals surface area contributed by atoms with E-state index in [1.165, 1.54) is 23.8 Å². The van der Waals surface area contributed by atoms with Crippen molar-refractivity contribution in [3.63, 3.8) is 0 Å². The first-order valence-corrected chi connectivity index (χ1v) is 8.34. The van der Waals surface area contributed by atoms with Gasteiger partial charge in [-0.1, -0.05) is 36.4 Å². The van der Waals surface area contributed by atoms with Gasteiger partial charge in [0.1, 0.15) is 5.75 Å². The number of esters is 1. The predicted octanol–water partition coefficient (Wildman–Crippen LogP) is 3.02. The third-order valence-corrected chi connectivity index (χ3v) is 4.25. The molecule has 2 aromatic rings. The Morgan fingerprint density at radius 1 is 1.12 bits per heavy atom. The molecule has 24 heavy (non-hydrogen) atoms. The van der Waals surface area contributed by atoms with Crippen molar-refractivity contribution in [2.24, 2.45) is 0 Å². The van der Waals surface area contributed by atoms with Gasteiger partial charge in [-0.15, -0.1) is 0 Å². The zero-order chi connectivity index (χ0) is 16.8. The number of rotatable bonds is 7. The number of nitrogens with one attached hydrogen (secondary N) is 1. The molecule has 0 fully saturated rings. The maximum Gasteiger partial charge on any atom is 0.305 e. The van der Waals surface area contributed by atoms with Gasteiger partial charge in [-0.3, -0.25) is 4.79 Å². The van der Waals surface area contributed by atoms with Crippen molar-refractivity contribution in [1.82, 2.24) is 5.32 Å². The van der Waals surface area contributed by atoms with E-state index >= 15 is 0 Å². The van der Waals surface area contributed by atoms with E-state index in [1.807, 2.05) is 12.1 Å². The summed E-state index contributed by atoms with van der Waals surface area (Å²) in [4.78, 5) is 11.2. The maximum atomic E-state index is 11.2. The van der Waals surface area contributed by atoms with Gasteiger partial charge in [-0.25, -0.2) is 0 Å². The number of carbonyl (C=O) groups excluding carboxylic acids is 1. The van der Waals surface area contributed by atoms with Crippen LogP contribution in [0.25, 0.3) is 0 Å². The van der Waals surface area contributed by atoms with Crippen LogP contribution >= 0.6 is 0 Å². The van der Waals surface area contributed by atoms with E-state index in [-0.39, 0.29) is 5.97 Å². The molecule has 126 valence electrons. The molecule has 0 amide bonds. The fraction of sp³-hybridized carbons (Fsp3) is 0.350. The van der Waals surface area contributed by atoms with Crippen LogP contribution < -0.4 is 10.1 Å². The Morgan fingerprint density at radius 2 is 1.92 bits per heavy atom. The second-order valence-electron chi connectivity index (χ2n) is 6.04. The van der Waals surface area contributed by atoms with E-state index < -0.39 is 0 Å². The van der Waals surface area contributed by atoms with E-state index in [9.17, 15) is 4.79 Å². The van der Waals surface area contributed by atoms with E-state index in [0.29, 0.717) is 12.8 Å². The molecule has 0 saturated heterocycles. The minimum atomic E-state index is -0.167. The first-order chi connectivity index (χ1) is 11.7. The third-order valence-electron chi connectivity index (χ3n) is 4.25. The van der Waals surface area contributed by atoms with Crippen molar-refractivity contribution in [3.05, 3.63) is 64.7 Å². The summed E-state index contributed by atoms with van der Waals surface area (Å²) in [6.07, 6.45) is 2.14. The van der Waals surface area contributed by atoms with Gasteiger partial charge in [0, 0.05) is 25.9 Å². The van der Waals surface area contributed by atoms with Crippen LogP contribution in [0.5, 0.6) is 5.75 Å². The number of hydrogen-bond donors (Lipinski definition) is 1. The average molecular weight is 325 g/mol. The van der Waals surface area contributed by atoms with Crippen LogP contribution in [0, 0.1) is 0 Å². The number of fused-ring (bicyclic) bond motifs is 1. The van der Waals surface area contributed by atoms with Gasteiger partial charge in [-0.2, -0.15) is 0 Å². The van der Waals surface area contributed by atoms with E-state index in [2.05, 4.69) is 40.4 Å². The number of carbonyl (C=O) groups is 1. The molecule has 1 aliphatic heterocycles. The summed E-state index contributed by atoms with van der Waals surface area (Å²) in [5, 5.41) is 3.48. The minimum Gasteiger partial charge on any atom is -0.493 e. The lowest BCUT2D eigenvalue weighted by Gasteiger charge is -2.08. The fourth-order valence-corrected chi connectivity index (χ4v) is 2.94. The average Bonchev–Trinajstić information content (AvgIpc) is 3.08. The Balaban J connectivity index is 1.50. The molecular weight excluding hydrogens is 302 g/mol. The van der Waals surface area contributed by atoms with Gasteiger partial charge in [0.2, 0.25) is 0 Å². The lowest BCUT2D eigenvalue weighted by atomic mass is 10.1. The highest BCUT2D eigenvalue weighted by Crippen LogP contribution is 2.25. The SMILES string of the molecule is COC(=O)CCc1cccc(CNCc2ccc3c(c2)CCO3)c1. The molecule has 2 aromatic carbocycles. The molecule has 3 rings (SSSR count). The second-order valence-corrected chi connectivity index (χ2v) is 6.04. The molecule has 1 heterocycles. The van der Waals surface area contributed by atoms with Gasteiger partial charge in [0.05, 0.1) is 13.7 Å². The van der Waals surface area contributed by atoms with Crippen molar-refractivity contribution in [3.8, 4) is 5.75 Å². The smallest absolute Gasteiger partial charge is 0.305 e. The molecule has 0 aromatic heterocycles. The Kier molecular flexibility index (Phi) is 5.49. The van der Waals surface area contributed by atoms with Crippen LogP contribution in [0.1, 0.15) is 28.7 Å². The maximum absolute atomic E-state index is 11.2. The summed E-state index contributed by atoms with van der Waals surface area (Å²) in [6.45, 7) is 2.43. The Morgan fingerprint density at radius 3 is 2.75 bits per heavy atom. The van der Waals surface area contributed by atoms with Gasteiger partial charge >= 0.3 is 5.97 Å². The van der Waals surface area contributed by atoms with Gasteiger partial charge in [0.25, 0.3) is 0 Å². The normalized spacial score (nSPS) is 12.5. The highest BCUT2D eigenvalue weighted by Gasteiger charge is 2.11. The second kappa shape index (κ2) is 7.97. The topological polar surface area (TPSA) is 47.6 Å². The van der Waals surface area contributed by atoms with Crippen LogP contribution in [0.3, 0.4) is 0 Å². The van der Waals surface area contributed by atoms with Crippen molar-refractivity contribution < 1.29 is 14.3 Å². The van der Waals surface area contributed by atoms with E-state index in [4.69, 9.17) is 4.74 Å². The lowest BCUT2D eigenvalue weighted by molar-refractivity contribution is -0.140. The summed E-state index contributed by atoms with van der Waals surface area (Å²) in [6, 6.07) is 14.7. The molecule has 0 unspecified atom stereocenters. The van der Waals surface area contributed by atoms with Crippen molar-refractivity contribution in [1.29, 1.82) is 0 Å². The molecule has 4 heteroatoms. The van der Waals surface area contributed by atoms with Crippen LogP contribution in [0.2, 0.25) is 0 Å². The quantitative estimate of drug-likeness (QED) is 0.795. The molecule has 0 aliphatic carbocycles. The lowest BCUT2D eigenvalue weighted by Crippen LogP contribution is -2.13. The summed E-state index contributed by atoms with van der Waals surface area (Å²) < 4.78 is 10.2. The first-order valence-electron chi connectivity index (χ1n) is 8.34. The van der Waals surface area contributed by atoms with Gasteiger partial charge in [0.15, 0.2) is 0 Å². The summed E-state index contributed by atoms with van der Waals surface area (Å²) in [5.74, 6) is 0.858. The molecular formula is C20H23NO3. The highest BCUT2D eigenvalue weighted by molar-refractivity contribution is 5.69. The summed E-state index contributed by atoms with van der Waals surface area (Å²) >= 11 is 0. The molecule has 0 radical (unpaired) electrons. The van der Waals surface area contributed by atoms with Crippen molar-refractivity contribution in [2.45, 2.75) is 32.4 Å². The van der Waals surface area contributed by atoms with E-state index in [0.717, 1.165) is 37.4 Å². The number of benzene rings is 2. The number of methoxy groups -OCH3 is 1. The van der Waals surface area contributed by atoms with Crippen LogP contribution in [0.15, 0.2) is 42.5 Å². The zero-order valence-corrected chi connectivity index (χ0v) is 14.0. The fourth-order valence-electron chi connectivity index (χ4n) is 2.94. The van der Waals surface area contributed by atoms with Crippen LogP contribution in [-0.2, 0) is 35.5 Å². The zero-order valence-electron chi connectivity index (χ0n) is 14.0. The molecule has 0 saturated carbocycles. The summed E-state index contributed by atoms with van der Waals surface area (Å²) in [5.41, 5.74) is 4.97. The standard InChI is InChI=1S/C20H23NO3/c1-23-20(22)8-6-15-3-2-4-16(11-15)13-21-14-17-5-7-19-18(12-17)9-10-24-19/h2-5,7,11-12,21H,6,8-10,13-14H2,1H3. The predicted molar refractivity (Wildman–Crippen MR) is 93.0 cm³/mol. The Hall–Kier alpha value is -2.33. The van der Waals surface area contributed by atoms with Gasteiger partial charge < -0.3 is 14.8 Å². The van der Waals surface area contributed by atoms with Crippen LogP contribution in [-0.4, -0.2) is 19.7 Å². The largest absolute Gasteiger partial charge is 0.493 e. The molecule has 0 bridgehead atoms. The van der Waals surface area contributed by atoms with Gasteiger partial charge in [-0.05, 0) is 34.7 Å². The third kappa shape index (κ3) is 4.36. The summed E-state index contributed by atoms with van der Waals surface area (Å²) in [7, 11) is 1.42. The minimum absolute atomic E-state index is 0.167. The van der Waals surface area contributed by atoms with Crippen LogP contribution in [0.4, 0.5) is 0 Å². The monoisotopic (exact) mass is 325 g/mol. The van der Waals surface area contributed by atoms with Crippen molar-refractivity contribution >= 4 is 5.97 Å². The Bertz CT molecular complexity index is 712. The van der Waals surface area contributed by atoms with E-state index in [1.54, 1.807) is 0 Å². The van der Waals surface area contributed by atoms with Crippen molar-refractivity contribution in [2.75, 3.05) is 13.7 Å². The number of hydrogen-bond acceptors (Lipinski definition) is 4.